The van der Waals surface area contributed by atoms with Crippen molar-refractivity contribution in [1.82, 2.24) is 15.3 Å². The van der Waals surface area contributed by atoms with Crippen LogP contribution in [0, 0.1) is 6.92 Å². The van der Waals surface area contributed by atoms with Crippen LogP contribution in [0.4, 0.5) is 5.82 Å². The molecule has 1 aromatic heterocycles. The smallest absolute Gasteiger partial charge is 0.221 e. The minimum absolute atomic E-state index is 0.400. The maximum Gasteiger partial charge on any atom is 0.221 e. The number of aromatic nitrogens is 2. The van der Waals surface area contributed by atoms with E-state index in [0.717, 1.165) is 24.5 Å². The van der Waals surface area contributed by atoms with Gasteiger partial charge in [0.25, 0.3) is 0 Å². The number of nitrogens with one attached hydrogen (secondary N) is 1. The van der Waals surface area contributed by atoms with Gasteiger partial charge in [0.1, 0.15) is 12.1 Å². The lowest BCUT2D eigenvalue weighted by molar-refractivity contribution is 0.386. The molecule has 1 atom stereocenters. The van der Waals surface area contributed by atoms with Gasteiger partial charge < -0.3 is 15.0 Å². The van der Waals surface area contributed by atoms with Gasteiger partial charge in [0, 0.05) is 18.6 Å². The first-order chi connectivity index (χ1) is 9.63. The van der Waals surface area contributed by atoms with Gasteiger partial charge >= 0.3 is 0 Å². The van der Waals surface area contributed by atoms with E-state index in [-0.39, 0.29) is 0 Å². The van der Waals surface area contributed by atoms with Gasteiger partial charge in [-0.15, -0.1) is 0 Å². The van der Waals surface area contributed by atoms with Gasteiger partial charge in [0.05, 0.1) is 12.7 Å². The van der Waals surface area contributed by atoms with E-state index in [9.17, 15) is 0 Å². The molecule has 1 aromatic rings. The van der Waals surface area contributed by atoms with Crippen molar-refractivity contribution in [2.45, 2.75) is 52.1 Å². The highest BCUT2D eigenvalue weighted by atomic mass is 16.5. The summed E-state index contributed by atoms with van der Waals surface area (Å²) in [5, 5.41) is 3.61. The van der Waals surface area contributed by atoms with Crippen LogP contribution in [0.2, 0.25) is 0 Å². The van der Waals surface area contributed by atoms with Crippen LogP contribution in [0.25, 0.3) is 0 Å². The molecular formula is C15H26N4O. The summed E-state index contributed by atoms with van der Waals surface area (Å²) in [7, 11) is 1.65. The Kier molecular flexibility index (Phi) is 5.17. The maximum absolute atomic E-state index is 5.31. The number of hydrogen-bond acceptors (Lipinski definition) is 5. The van der Waals surface area contributed by atoms with E-state index >= 15 is 0 Å². The number of anilines is 1. The first-order valence-electron chi connectivity index (χ1n) is 7.49. The Morgan fingerprint density at radius 2 is 2.20 bits per heavy atom. The molecule has 2 heterocycles. The zero-order chi connectivity index (χ0) is 14.5. The van der Waals surface area contributed by atoms with Crippen LogP contribution in [0.1, 0.15) is 38.7 Å². The molecule has 0 spiro atoms. The number of methoxy groups -OCH3 is 1. The summed E-state index contributed by atoms with van der Waals surface area (Å²) in [6.45, 7) is 8.55. The number of piperidine rings is 1. The second-order valence-corrected chi connectivity index (χ2v) is 5.72. The summed E-state index contributed by atoms with van der Waals surface area (Å²) in [6.07, 6.45) is 5.43. The molecule has 0 aliphatic carbocycles. The van der Waals surface area contributed by atoms with E-state index in [1.165, 1.54) is 19.3 Å². The number of nitrogens with zero attached hydrogens (tertiary/aromatic N) is 3. The highest BCUT2D eigenvalue weighted by Gasteiger charge is 2.22. The summed E-state index contributed by atoms with van der Waals surface area (Å²) < 4.78 is 5.31. The van der Waals surface area contributed by atoms with Crippen LogP contribution in [-0.4, -0.2) is 42.3 Å². The SMILES string of the molecule is COc1ncnc(N(CC2CCCCN2)C(C)C)c1C. The molecule has 1 fully saturated rings. The monoisotopic (exact) mass is 278 g/mol. The highest BCUT2D eigenvalue weighted by molar-refractivity contribution is 5.50. The molecule has 5 nitrogen and oxygen atoms in total. The Balaban J connectivity index is 2.19. The fraction of sp³-hybridized carbons (Fsp3) is 0.733. The lowest BCUT2D eigenvalue weighted by Gasteiger charge is -2.34. The second-order valence-electron chi connectivity index (χ2n) is 5.72. The minimum atomic E-state index is 0.400. The lowest BCUT2D eigenvalue weighted by Crippen LogP contribution is -2.46. The van der Waals surface area contributed by atoms with E-state index in [1.807, 2.05) is 6.92 Å². The standard InChI is InChI=1S/C15H26N4O/c1-11(2)19(9-13-7-5-6-8-16-13)14-12(3)15(20-4)18-10-17-14/h10-11,13,16H,5-9H2,1-4H3. The molecule has 0 bridgehead atoms. The van der Waals surface area contributed by atoms with Crippen molar-refractivity contribution in [3.63, 3.8) is 0 Å². The van der Waals surface area contributed by atoms with E-state index in [0.29, 0.717) is 18.0 Å². The molecule has 5 heteroatoms. The van der Waals surface area contributed by atoms with E-state index in [1.54, 1.807) is 13.4 Å². The molecule has 1 aliphatic heterocycles. The fourth-order valence-corrected chi connectivity index (χ4v) is 2.78. The van der Waals surface area contributed by atoms with Gasteiger partial charge in [-0.3, -0.25) is 0 Å². The molecule has 0 saturated carbocycles. The quantitative estimate of drug-likeness (QED) is 0.894. The van der Waals surface area contributed by atoms with Crippen molar-refractivity contribution in [2.24, 2.45) is 0 Å². The topological polar surface area (TPSA) is 50.3 Å². The zero-order valence-corrected chi connectivity index (χ0v) is 13.0. The Labute approximate surface area is 121 Å². The van der Waals surface area contributed by atoms with Gasteiger partial charge in [-0.2, -0.15) is 0 Å². The number of hydrogen-bond donors (Lipinski definition) is 1. The average Bonchev–Trinajstić information content (AvgIpc) is 2.46. The molecule has 20 heavy (non-hydrogen) atoms. The molecular weight excluding hydrogens is 252 g/mol. The van der Waals surface area contributed by atoms with Crippen molar-refractivity contribution in [1.29, 1.82) is 0 Å². The minimum Gasteiger partial charge on any atom is -0.481 e. The average molecular weight is 278 g/mol. The highest BCUT2D eigenvalue weighted by Crippen LogP contribution is 2.26. The number of ether oxygens (including phenoxy) is 1. The molecule has 1 saturated heterocycles. The Morgan fingerprint density at radius 1 is 1.40 bits per heavy atom. The lowest BCUT2D eigenvalue weighted by atomic mass is 10.0. The molecule has 1 aliphatic rings. The fourth-order valence-electron chi connectivity index (χ4n) is 2.78. The third-order valence-corrected chi connectivity index (χ3v) is 3.93. The zero-order valence-electron chi connectivity index (χ0n) is 13.0. The molecule has 0 radical (unpaired) electrons. The van der Waals surface area contributed by atoms with Gasteiger partial charge in [-0.05, 0) is 40.2 Å². The molecule has 0 aromatic carbocycles. The maximum atomic E-state index is 5.31. The van der Waals surface area contributed by atoms with Gasteiger partial charge in [-0.1, -0.05) is 6.42 Å². The van der Waals surface area contributed by atoms with E-state index in [4.69, 9.17) is 4.74 Å². The van der Waals surface area contributed by atoms with Crippen LogP contribution in [0.5, 0.6) is 5.88 Å². The first kappa shape index (κ1) is 15.0. The Hall–Kier alpha value is -1.36. The predicted molar refractivity (Wildman–Crippen MR) is 81.4 cm³/mol. The van der Waals surface area contributed by atoms with E-state index < -0.39 is 0 Å². The predicted octanol–water partition coefficient (Wildman–Crippen LogP) is 2.15. The van der Waals surface area contributed by atoms with Crippen LogP contribution in [0.15, 0.2) is 6.33 Å². The van der Waals surface area contributed by atoms with Crippen LogP contribution in [-0.2, 0) is 0 Å². The molecule has 112 valence electrons. The van der Waals surface area contributed by atoms with Crippen molar-refractivity contribution in [3.05, 3.63) is 11.9 Å². The van der Waals surface area contributed by atoms with Crippen LogP contribution >= 0.6 is 0 Å². The van der Waals surface area contributed by atoms with Crippen molar-refractivity contribution in [2.75, 3.05) is 25.1 Å². The van der Waals surface area contributed by atoms with Crippen LogP contribution in [0.3, 0.4) is 0 Å². The van der Waals surface area contributed by atoms with Gasteiger partial charge in [0.15, 0.2) is 0 Å². The largest absolute Gasteiger partial charge is 0.481 e. The summed E-state index contributed by atoms with van der Waals surface area (Å²) in [5.74, 6) is 1.65. The third-order valence-electron chi connectivity index (χ3n) is 3.93. The van der Waals surface area contributed by atoms with Crippen molar-refractivity contribution >= 4 is 5.82 Å². The molecule has 1 unspecified atom stereocenters. The van der Waals surface area contributed by atoms with Gasteiger partial charge in [-0.25, -0.2) is 9.97 Å². The summed E-state index contributed by atoms with van der Waals surface area (Å²) in [6, 6.07) is 0.948. The van der Waals surface area contributed by atoms with Crippen LogP contribution < -0.4 is 15.0 Å². The van der Waals surface area contributed by atoms with Crippen molar-refractivity contribution in [3.8, 4) is 5.88 Å². The third kappa shape index (κ3) is 3.39. The van der Waals surface area contributed by atoms with Crippen molar-refractivity contribution < 1.29 is 4.74 Å². The number of rotatable bonds is 5. The molecule has 1 N–H and O–H groups in total. The summed E-state index contributed by atoms with van der Waals surface area (Å²) in [5.41, 5.74) is 1.01. The first-order valence-corrected chi connectivity index (χ1v) is 7.49. The van der Waals surface area contributed by atoms with Gasteiger partial charge in [0.2, 0.25) is 5.88 Å². The Morgan fingerprint density at radius 3 is 2.80 bits per heavy atom. The molecule has 0 amide bonds. The summed E-state index contributed by atoms with van der Waals surface area (Å²) in [4.78, 5) is 11.0. The summed E-state index contributed by atoms with van der Waals surface area (Å²) >= 11 is 0. The van der Waals surface area contributed by atoms with E-state index in [2.05, 4.69) is 34.0 Å². The Bertz CT molecular complexity index is 430. The second kappa shape index (κ2) is 6.88. The normalized spacial score (nSPS) is 19.1. The molecule has 2 rings (SSSR count).